The summed E-state index contributed by atoms with van der Waals surface area (Å²) >= 11 is 0. The Morgan fingerprint density at radius 1 is 1.07 bits per heavy atom. The number of benzene rings is 1. The summed E-state index contributed by atoms with van der Waals surface area (Å²) < 4.78 is 0. The lowest BCUT2D eigenvalue weighted by Crippen LogP contribution is -2.22. The van der Waals surface area contributed by atoms with E-state index in [0.29, 0.717) is 5.69 Å². The van der Waals surface area contributed by atoms with Gasteiger partial charge in [-0.15, -0.1) is 0 Å². The van der Waals surface area contributed by atoms with Gasteiger partial charge < -0.3 is 10.2 Å². The standard InChI is InChI=1S/C21H23N5O/c1-3-17-6-4-5-7-18(17)25-21(27)19-14-24-20(15-23-19)26(2)13-10-16-8-11-22-12-9-16/h4-9,11-12,14-15H,3,10,13H2,1-2H3,(H,25,27). The molecule has 0 spiro atoms. The largest absolute Gasteiger partial charge is 0.358 e. The van der Waals surface area contributed by atoms with Crippen LogP contribution in [0.4, 0.5) is 11.5 Å². The molecule has 2 heterocycles. The molecule has 27 heavy (non-hydrogen) atoms. The maximum atomic E-state index is 12.4. The summed E-state index contributed by atoms with van der Waals surface area (Å²) in [6, 6.07) is 11.8. The van der Waals surface area contributed by atoms with Gasteiger partial charge in [0.1, 0.15) is 11.5 Å². The molecule has 2 aromatic heterocycles. The minimum absolute atomic E-state index is 0.255. The third kappa shape index (κ3) is 4.88. The van der Waals surface area contributed by atoms with Gasteiger partial charge in [0.15, 0.2) is 0 Å². The van der Waals surface area contributed by atoms with Gasteiger partial charge in [-0.2, -0.15) is 0 Å². The normalized spacial score (nSPS) is 10.4. The van der Waals surface area contributed by atoms with Gasteiger partial charge in [-0.1, -0.05) is 25.1 Å². The van der Waals surface area contributed by atoms with E-state index in [1.807, 2.05) is 48.3 Å². The lowest BCUT2D eigenvalue weighted by molar-refractivity contribution is 0.102. The van der Waals surface area contributed by atoms with Gasteiger partial charge in [0.2, 0.25) is 0 Å². The third-order valence-electron chi connectivity index (χ3n) is 4.39. The Balaban J connectivity index is 1.61. The van der Waals surface area contributed by atoms with Crippen LogP contribution in [0.25, 0.3) is 0 Å². The van der Waals surface area contributed by atoms with E-state index < -0.39 is 0 Å². The lowest BCUT2D eigenvalue weighted by atomic mass is 10.1. The van der Waals surface area contributed by atoms with Gasteiger partial charge in [-0.3, -0.25) is 9.78 Å². The van der Waals surface area contributed by atoms with Crippen LogP contribution in [-0.2, 0) is 12.8 Å². The van der Waals surface area contributed by atoms with Crippen LogP contribution >= 0.6 is 0 Å². The van der Waals surface area contributed by atoms with Crippen LogP contribution in [0.1, 0.15) is 28.5 Å². The van der Waals surface area contributed by atoms with Gasteiger partial charge >= 0.3 is 0 Å². The Morgan fingerprint density at radius 2 is 1.85 bits per heavy atom. The fourth-order valence-electron chi connectivity index (χ4n) is 2.73. The van der Waals surface area contributed by atoms with Crippen molar-refractivity contribution < 1.29 is 4.79 Å². The fraction of sp³-hybridized carbons (Fsp3) is 0.238. The number of aromatic nitrogens is 3. The number of anilines is 2. The first-order valence-electron chi connectivity index (χ1n) is 8.98. The molecular weight excluding hydrogens is 338 g/mol. The molecule has 0 unspecified atom stereocenters. The summed E-state index contributed by atoms with van der Waals surface area (Å²) in [6.07, 6.45) is 8.47. The fourth-order valence-corrected chi connectivity index (χ4v) is 2.73. The topological polar surface area (TPSA) is 71.0 Å². The zero-order valence-electron chi connectivity index (χ0n) is 15.6. The average molecular weight is 361 g/mol. The molecule has 3 aromatic rings. The molecule has 1 N–H and O–H groups in total. The zero-order chi connectivity index (χ0) is 19.1. The van der Waals surface area contributed by atoms with Crippen molar-refractivity contribution in [2.45, 2.75) is 19.8 Å². The molecule has 0 aliphatic heterocycles. The smallest absolute Gasteiger partial charge is 0.275 e. The molecule has 138 valence electrons. The molecule has 0 saturated heterocycles. The monoisotopic (exact) mass is 361 g/mol. The van der Waals surface area contributed by atoms with Crippen LogP contribution in [0.5, 0.6) is 0 Å². The highest BCUT2D eigenvalue weighted by Gasteiger charge is 2.11. The van der Waals surface area contributed by atoms with Gasteiger partial charge in [0, 0.05) is 31.7 Å². The molecule has 0 aliphatic rings. The van der Waals surface area contributed by atoms with Crippen molar-refractivity contribution >= 4 is 17.4 Å². The van der Waals surface area contributed by atoms with Gasteiger partial charge in [-0.05, 0) is 42.2 Å². The summed E-state index contributed by atoms with van der Waals surface area (Å²) in [5.41, 5.74) is 3.42. The number of rotatable bonds is 7. The highest BCUT2D eigenvalue weighted by molar-refractivity contribution is 6.03. The van der Waals surface area contributed by atoms with E-state index in [2.05, 4.69) is 27.2 Å². The molecule has 0 atom stereocenters. The van der Waals surface area contributed by atoms with Crippen molar-refractivity contribution in [2.24, 2.45) is 0 Å². The predicted octanol–water partition coefficient (Wildman–Crippen LogP) is 3.37. The first kappa shape index (κ1) is 18.5. The molecule has 6 heteroatoms. The summed E-state index contributed by atoms with van der Waals surface area (Å²) in [4.78, 5) is 27.1. The molecule has 1 amide bonds. The Hall–Kier alpha value is -3.28. The number of nitrogens with zero attached hydrogens (tertiary/aromatic N) is 4. The molecule has 0 radical (unpaired) electrons. The number of amides is 1. The first-order valence-corrected chi connectivity index (χ1v) is 8.98. The zero-order valence-corrected chi connectivity index (χ0v) is 15.6. The molecule has 6 nitrogen and oxygen atoms in total. The van der Waals surface area contributed by atoms with E-state index in [1.165, 1.54) is 11.8 Å². The van der Waals surface area contributed by atoms with E-state index in [1.54, 1.807) is 18.6 Å². The van der Waals surface area contributed by atoms with E-state index in [-0.39, 0.29) is 5.91 Å². The summed E-state index contributed by atoms with van der Waals surface area (Å²) in [5, 5.41) is 2.91. The second-order valence-electron chi connectivity index (χ2n) is 6.25. The van der Waals surface area contributed by atoms with Gasteiger partial charge in [0.25, 0.3) is 5.91 Å². The number of para-hydroxylation sites is 1. The summed E-state index contributed by atoms with van der Waals surface area (Å²) in [7, 11) is 1.96. The number of aryl methyl sites for hydroxylation is 1. The highest BCUT2D eigenvalue weighted by atomic mass is 16.1. The maximum absolute atomic E-state index is 12.4. The van der Waals surface area contributed by atoms with Crippen LogP contribution in [0.15, 0.2) is 61.2 Å². The number of likely N-dealkylation sites (N-methyl/N-ethyl adjacent to an activating group) is 1. The Bertz CT molecular complexity index is 881. The number of carbonyl (C=O) groups excluding carboxylic acids is 1. The van der Waals surface area contributed by atoms with Crippen molar-refractivity contribution in [2.75, 3.05) is 23.8 Å². The van der Waals surface area contributed by atoms with Crippen LogP contribution in [0.2, 0.25) is 0 Å². The average Bonchev–Trinajstić information content (AvgIpc) is 2.73. The number of hydrogen-bond acceptors (Lipinski definition) is 5. The Morgan fingerprint density at radius 3 is 2.56 bits per heavy atom. The number of carbonyl (C=O) groups is 1. The van der Waals surface area contributed by atoms with Crippen LogP contribution in [-0.4, -0.2) is 34.5 Å². The second kappa shape index (κ2) is 8.89. The second-order valence-corrected chi connectivity index (χ2v) is 6.25. The van der Waals surface area contributed by atoms with Crippen molar-refractivity contribution in [1.82, 2.24) is 15.0 Å². The quantitative estimate of drug-likeness (QED) is 0.699. The summed E-state index contributed by atoms with van der Waals surface area (Å²) in [5.74, 6) is 0.476. The number of nitrogens with one attached hydrogen (secondary N) is 1. The van der Waals surface area contributed by atoms with Crippen molar-refractivity contribution in [1.29, 1.82) is 0 Å². The van der Waals surface area contributed by atoms with Crippen LogP contribution in [0, 0.1) is 0 Å². The maximum Gasteiger partial charge on any atom is 0.275 e. The van der Waals surface area contributed by atoms with Crippen LogP contribution in [0.3, 0.4) is 0 Å². The van der Waals surface area contributed by atoms with Gasteiger partial charge in [-0.25, -0.2) is 9.97 Å². The highest BCUT2D eigenvalue weighted by Crippen LogP contribution is 2.16. The summed E-state index contributed by atoms with van der Waals surface area (Å²) in [6.45, 7) is 2.86. The number of pyridine rings is 1. The Kier molecular flexibility index (Phi) is 6.10. The van der Waals surface area contributed by atoms with E-state index in [0.717, 1.165) is 36.5 Å². The minimum atomic E-state index is -0.255. The molecule has 1 aromatic carbocycles. The van der Waals surface area contributed by atoms with E-state index in [9.17, 15) is 4.79 Å². The molecule has 3 rings (SSSR count). The van der Waals surface area contributed by atoms with Crippen molar-refractivity contribution in [3.8, 4) is 0 Å². The lowest BCUT2D eigenvalue weighted by Gasteiger charge is -2.17. The van der Waals surface area contributed by atoms with Gasteiger partial charge in [0.05, 0.1) is 12.4 Å². The molecule has 0 bridgehead atoms. The first-order chi connectivity index (χ1) is 13.2. The van der Waals surface area contributed by atoms with Crippen molar-refractivity contribution in [3.05, 3.63) is 78.0 Å². The van der Waals surface area contributed by atoms with E-state index in [4.69, 9.17) is 0 Å². The molecular formula is C21H23N5O. The molecule has 0 fully saturated rings. The SMILES string of the molecule is CCc1ccccc1NC(=O)c1cnc(N(C)CCc2ccncc2)cn1. The third-order valence-corrected chi connectivity index (χ3v) is 4.39. The Labute approximate surface area is 159 Å². The van der Waals surface area contributed by atoms with E-state index >= 15 is 0 Å². The molecule has 0 aliphatic carbocycles. The minimum Gasteiger partial charge on any atom is -0.358 e. The molecule has 0 saturated carbocycles. The predicted molar refractivity (Wildman–Crippen MR) is 107 cm³/mol. The van der Waals surface area contributed by atoms with Crippen LogP contribution < -0.4 is 10.2 Å². The van der Waals surface area contributed by atoms with Crippen molar-refractivity contribution in [3.63, 3.8) is 0 Å². The number of hydrogen-bond donors (Lipinski definition) is 1.